The van der Waals surface area contributed by atoms with Crippen molar-refractivity contribution in [3.05, 3.63) is 58.6 Å². The highest BCUT2D eigenvalue weighted by Gasteiger charge is 2.01. The van der Waals surface area contributed by atoms with Gasteiger partial charge in [-0.15, -0.1) is 0 Å². The largest absolute Gasteiger partial charge is 0.494 e. The van der Waals surface area contributed by atoms with Crippen molar-refractivity contribution in [1.82, 2.24) is 0 Å². The van der Waals surface area contributed by atoms with Gasteiger partial charge in [0, 0.05) is 16.7 Å². The Morgan fingerprint density at radius 2 is 1.76 bits per heavy atom. The molecule has 110 valence electrons. The summed E-state index contributed by atoms with van der Waals surface area (Å²) in [6.07, 6.45) is 0.858. The van der Waals surface area contributed by atoms with E-state index in [-0.39, 0.29) is 5.56 Å². The molecule has 4 nitrogen and oxygen atoms in total. The van der Waals surface area contributed by atoms with Gasteiger partial charge in [0.25, 0.3) is 0 Å². The van der Waals surface area contributed by atoms with E-state index in [2.05, 4.69) is 21.2 Å². The summed E-state index contributed by atoms with van der Waals surface area (Å²) in [6.45, 7) is 1.39. The number of carboxylic acid groups (broad SMARTS) is 1. The second kappa shape index (κ2) is 7.69. The van der Waals surface area contributed by atoms with Gasteiger partial charge in [0.15, 0.2) is 0 Å². The molecular weight excluding hydrogens is 334 g/mol. The Morgan fingerprint density at radius 3 is 2.38 bits per heavy atom. The van der Waals surface area contributed by atoms with Crippen LogP contribution < -0.4 is 10.1 Å². The maximum Gasteiger partial charge on any atom is 0.335 e. The fourth-order valence-electron chi connectivity index (χ4n) is 1.76. The van der Waals surface area contributed by atoms with Gasteiger partial charge in [0.2, 0.25) is 0 Å². The number of carbonyl (C=O) groups is 1. The van der Waals surface area contributed by atoms with Crippen LogP contribution in [-0.2, 0) is 0 Å². The number of ether oxygens (including phenoxy) is 1. The number of carboxylic acids is 1. The molecular formula is C16H16BrNO3. The fourth-order valence-corrected chi connectivity index (χ4v) is 2.02. The first-order valence-electron chi connectivity index (χ1n) is 6.61. The van der Waals surface area contributed by atoms with Gasteiger partial charge >= 0.3 is 5.97 Å². The highest BCUT2D eigenvalue weighted by atomic mass is 79.9. The number of benzene rings is 2. The molecule has 0 radical (unpaired) electrons. The monoisotopic (exact) mass is 349 g/mol. The first kappa shape index (κ1) is 15.4. The lowest BCUT2D eigenvalue weighted by Crippen LogP contribution is -2.07. The van der Waals surface area contributed by atoms with E-state index in [1.54, 1.807) is 12.1 Å². The maximum absolute atomic E-state index is 10.7. The molecule has 21 heavy (non-hydrogen) atoms. The van der Waals surface area contributed by atoms with Gasteiger partial charge < -0.3 is 15.2 Å². The van der Waals surface area contributed by atoms with Crippen molar-refractivity contribution >= 4 is 27.6 Å². The van der Waals surface area contributed by atoms with Crippen LogP contribution in [0.15, 0.2) is 53.0 Å². The molecule has 2 rings (SSSR count). The molecule has 2 aromatic carbocycles. The summed E-state index contributed by atoms with van der Waals surface area (Å²) in [6, 6.07) is 14.4. The SMILES string of the molecule is O=C(O)c1ccc(OCCCNc2ccc(Br)cc2)cc1. The highest BCUT2D eigenvalue weighted by molar-refractivity contribution is 9.10. The summed E-state index contributed by atoms with van der Waals surface area (Å²) < 4.78 is 6.61. The lowest BCUT2D eigenvalue weighted by Gasteiger charge is -2.08. The second-order valence-electron chi connectivity index (χ2n) is 4.47. The Morgan fingerprint density at radius 1 is 1.10 bits per heavy atom. The van der Waals surface area contributed by atoms with Crippen LogP contribution in [0.3, 0.4) is 0 Å². The van der Waals surface area contributed by atoms with Crippen molar-refractivity contribution in [3.8, 4) is 5.75 Å². The lowest BCUT2D eigenvalue weighted by atomic mass is 10.2. The maximum atomic E-state index is 10.7. The summed E-state index contributed by atoms with van der Waals surface area (Å²) in [5, 5.41) is 12.1. The van der Waals surface area contributed by atoms with Gasteiger partial charge in [-0.2, -0.15) is 0 Å². The minimum atomic E-state index is -0.930. The standard InChI is InChI=1S/C16H16BrNO3/c17-13-4-6-14(7-5-13)18-10-1-11-21-15-8-2-12(3-9-15)16(19)20/h2-9,18H,1,10-11H2,(H,19,20). The minimum absolute atomic E-state index is 0.263. The van der Waals surface area contributed by atoms with Crippen molar-refractivity contribution < 1.29 is 14.6 Å². The Kier molecular flexibility index (Phi) is 5.63. The quantitative estimate of drug-likeness (QED) is 0.741. The molecule has 0 saturated heterocycles. The molecule has 0 atom stereocenters. The van der Waals surface area contributed by atoms with Gasteiger partial charge in [-0.25, -0.2) is 4.79 Å². The Labute approximate surface area is 131 Å². The van der Waals surface area contributed by atoms with Gasteiger partial charge in [-0.1, -0.05) is 15.9 Å². The summed E-state index contributed by atoms with van der Waals surface area (Å²) in [4.78, 5) is 10.7. The zero-order chi connectivity index (χ0) is 15.1. The van der Waals surface area contributed by atoms with Crippen LogP contribution in [0.4, 0.5) is 5.69 Å². The van der Waals surface area contributed by atoms with Crippen LogP contribution in [-0.4, -0.2) is 24.2 Å². The molecule has 2 aromatic rings. The van der Waals surface area contributed by atoms with Crippen molar-refractivity contribution in [2.45, 2.75) is 6.42 Å². The minimum Gasteiger partial charge on any atom is -0.494 e. The number of hydrogen-bond acceptors (Lipinski definition) is 3. The van der Waals surface area contributed by atoms with E-state index in [1.807, 2.05) is 24.3 Å². The van der Waals surface area contributed by atoms with Crippen LogP contribution in [0.5, 0.6) is 5.75 Å². The Balaban J connectivity index is 1.67. The second-order valence-corrected chi connectivity index (χ2v) is 5.38. The van der Waals surface area contributed by atoms with Crippen LogP contribution in [0.1, 0.15) is 16.8 Å². The lowest BCUT2D eigenvalue weighted by molar-refractivity contribution is 0.0697. The van der Waals surface area contributed by atoms with E-state index in [4.69, 9.17) is 9.84 Å². The average Bonchev–Trinajstić information content (AvgIpc) is 2.49. The fraction of sp³-hybridized carbons (Fsp3) is 0.188. The number of halogens is 1. The molecule has 0 aromatic heterocycles. The first-order chi connectivity index (χ1) is 10.1. The number of anilines is 1. The summed E-state index contributed by atoms with van der Waals surface area (Å²) in [5.41, 5.74) is 1.34. The molecule has 0 aliphatic carbocycles. The number of nitrogens with one attached hydrogen (secondary N) is 1. The first-order valence-corrected chi connectivity index (χ1v) is 7.40. The van der Waals surface area contributed by atoms with Crippen LogP contribution in [0, 0.1) is 0 Å². The predicted octanol–water partition coefficient (Wildman–Crippen LogP) is 4.03. The molecule has 0 spiro atoms. The normalized spacial score (nSPS) is 10.1. The number of aromatic carboxylic acids is 1. The van der Waals surface area contributed by atoms with Crippen molar-refractivity contribution in [1.29, 1.82) is 0 Å². The molecule has 2 N–H and O–H groups in total. The smallest absolute Gasteiger partial charge is 0.335 e. The summed E-state index contributed by atoms with van der Waals surface area (Å²) in [7, 11) is 0. The van der Waals surface area contributed by atoms with E-state index in [0.717, 1.165) is 23.1 Å². The summed E-state index contributed by atoms with van der Waals surface area (Å²) in [5.74, 6) is -0.246. The van der Waals surface area contributed by atoms with Gasteiger partial charge in [-0.3, -0.25) is 0 Å². The van der Waals surface area contributed by atoms with Crippen molar-refractivity contribution in [3.63, 3.8) is 0 Å². The molecule has 0 amide bonds. The number of rotatable bonds is 7. The van der Waals surface area contributed by atoms with E-state index >= 15 is 0 Å². The van der Waals surface area contributed by atoms with E-state index < -0.39 is 5.97 Å². The molecule has 0 aliphatic heterocycles. The molecule has 0 saturated carbocycles. The highest BCUT2D eigenvalue weighted by Crippen LogP contribution is 2.14. The third-order valence-corrected chi connectivity index (χ3v) is 3.39. The average molecular weight is 350 g/mol. The van der Waals surface area contributed by atoms with E-state index in [0.29, 0.717) is 12.4 Å². The van der Waals surface area contributed by atoms with Crippen molar-refractivity contribution in [2.75, 3.05) is 18.5 Å². The zero-order valence-corrected chi connectivity index (χ0v) is 13.0. The third-order valence-electron chi connectivity index (χ3n) is 2.86. The molecule has 0 unspecified atom stereocenters. The van der Waals surface area contributed by atoms with Gasteiger partial charge in [0.05, 0.1) is 12.2 Å². The van der Waals surface area contributed by atoms with Gasteiger partial charge in [0.1, 0.15) is 5.75 Å². The van der Waals surface area contributed by atoms with E-state index in [1.165, 1.54) is 12.1 Å². The molecule has 0 fully saturated rings. The van der Waals surface area contributed by atoms with Crippen LogP contribution >= 0.6 is 15.9 Å². The molecule has 0 heterocycles. The zero-order valence-electron chi connectivity index (χ0n) is 11.4. The third kappa shape index (κ3) is 5.11. The Hall–Kier alpha value is -2.01. The topological polar surface area (TPSA) is 58.6 Å². The Bertz CT molecular complexity index is 581. The van der Waals surface area contributed by atoms with Gasteiger partial charge in [-0.05, 0) is 55.0 Å². The van der Waals surface area contributed by atoms with E-state index in [9.17, 15) is 4.79 Å². The molecule has 0 bridgehead atoms. The van der Waals surface area contributed by atoms with Crippen molar-refractivity contribution in [2.24, 2.45) is 0 Å². The molecule has 5 heteroatoms. The number of hydrogen-bond donors (Lipinski definition) is 2. The molecule has 0 aliphatic rings. The van der Waals surface area contributed by atoms with Crippen LogP contribution in [0.2, 0.25) is 0 Å². The predicted molar refractivity (Wildman–Crippen MR) is 86.1 cm³/mol. The summed E-state index contributed by atoms with van der Waals surface area (Å²) >= 11 is 3.39. The van der Waals surface area contributed by atoms with Crippen LogP contribution in [0.25, 0.3) is 0 Å².